The number of piperidine rings is 1. The zero-order chi connectivity index (χ0) is 29.1. The fraction of sp³-hybridized carbons (Fsp3) is 0.344. The van der Waals surface area contributed by atoms with E-state index in [4.69, 9.17) is 4.74 Å². The van der Waals surface area contributed by atoms with Gasteiger partial charge < -0.3 is 29.3 Å². The number of halogens is 1. The van der Waals surface area contributed by atoms with Crippen molar-refractivity contribution in [2.75, 3.05) is 45.2 Å². The highest BCUT2D eigenvalue weighted by molar-refractivity contribution is 6.02. The van der Waals surface area contributed by atoms with Gasteiger partial charge in [-0.05, 0) is 68.4 Å². The molecule has 4 aromatic rings. The van der Waals surface area contributed by atoms with Gasteiger partial charge in [-0.1, -0.05) is 24.3 Å². The smallest absolute Gasteiger partial charge is 0.259 e. The number of rotatable bonds is 5. The van der Waals surface area contributed by atoms with Crippen LogP contribution < -0.4 is 20.4 Å². The number of nitrogens with one attached hydrogen (secondary N) is 1. The molecule has 216 valence electrons. The summed E-state index contributed by atoms with van der Waals surface area (Å²) in [7, 11) is 3.80. The zero-order valence-corrected chi connectivity index (χ0v) is 23.6. The Morgan fingerprint density at radius 3 is 2.57 bits per heavy atom. The lowest BCUT2D eigenvalue weighted by atomic mass is 10.0. The number of carbonyl (C=O) groups is 2. The zero-order valence-electron chi connectivity index (χ0n) is 23.6. The van der Waals surface area contributed by atoms with E-state index >= 15 is 4.39 Å². The van der Waals surface area contributed by atoms with Crippen molar-refractivity contribution in [3.8, 4) is 17.2 Å². The Bertz CT molecular complexity index is 1810. The SMILES string of the molecule is CN1CCC(N(C)C(=O)c2cn3c4c(c(N5CCC(NC=O)C5)c(F)cc4c2=O)Oc2cc4ccccc4cc2-3)CC1. The predicted octanol–water partition coefficient (Wildman–Crippen LogP) is 3.88. The summed E-state index contributed by atoms with van der Waals surface area (Å²) in [6.45, 7) is 2.67. The molecule has 2 saturated heterocycles. The van der Waals surface area contributed by atoms with E-state index in [0.717, 1.165) is 36.7 Å². The average Bonchev–Trinajstić information content (AvgIpc) is 3.45. The maximum atomic E-state index is 16.1. The molecule has 1 atom stereocenters. The molecule has 1 unspecified atom stereocenters. The number of anilines is 1. The summed E-state index contributed by atoms with van der Waals surface area (Å²) >= 11 is 0. The largest absolute Gasteiger partial charge is 0.451 e. The third-order valence-corrected chi connectivity index (χ3v) is 9.06. The van der Waals surface area contributed by atoms with Crippen molar-refractivity contribution in [3.05, 3.63) is 70.3 Å². The molecule has 7 rings (SSSR count). The highest BCUT2D eigenvalue weighted by atomic mass is 19.1. The lowest BCUT2D eigenvalue weighted by molar-refractivity contribution is -0.110. The van der Waals surface area contributed by atoms with Crippen molar-refractivity contribution in [1.82, 2.24) is 19.7 Å². The first-order valence-electron chi connectivity index (χ1n) is 14.4. The molecule has 0 bridgehead atoms. The Labute approximate surface area is 242 Å². The van der Waals surface area contributed by atoms with Crippen LogP contribution in [0.4, 0.5) is 10.1 Å². The Hall–Kier alpha value is -4.44. The van der Waals surface area contributed by atoms with E-state index in [2.05, 4.69) is 17.3 Å². The highest BCUT2D eigenvalue weighted by Gasteiger charge is 2.34. The molecule has 3 aromatic carbocycles. The van der Waals surface area contributed by atoms with Crippen LogP contribution in [0.1, 0.15) is 29.6 Å². The minimum absolute atomic E-state index is 0.000504. The van der Waals surface area contributed by atoms with Crippen molar-refractivity contribution in [1.29, 1.82) is 0 Å². The van der Waals surface area contributed by atoms with E-state index in [1.54, 1.807) is 18.1 Å². The van der Waals surface area contributed by atoms with Gasteiger partial charge in [0, 0.05) is 38.4 Å². The van der Waals surface area contributed by atoms with Crippen molar-refractivity contribution < 1.29 is 18.7 Å². The van der Waals surface area contributed by atoms with Crippen molar-refractivity contribution in [2.24, 2.45) is 0 Å². The lowest BCUT2D eigenvalue weighted by Crippen LogP contribution is -2.45. The van der Waals surface area contributed by atoms with Crippen LogP contribution in [-0.2, 0) is 4.79 Å². The maximum Gasteiger partial charge on any atom is 0.259 e. The molecule has 2 fully saturated rings. The van der Waals surface area contributed by atoms with Gasteiger partial charge in [-0.2, -0.15) is 0 Å². The molecule has 0 spiro atoms. The topological polar surface area (TPSA) is 87.1 Å². The van der Waals surface area contributed by atoms with Crippen LogP contribution in [0.2, 0.25) is 0 Å². The van der Waals surface area contributed by atoms with E-state index in [-0.39, 0.29) is 40.4 Å². The standard InChI is InChI=1S/C32H32FN5O4/c1-35-10-8-22(9-11-35)36(2)32(41)24-17-38-26-13-19-5-3-4-6-20(19)14-27(26)42-31-28(38)23(30(24)40)15-25(33)29(31)37-12-7-21(16-37)34-18-39/h3-6,13-15,17-18,21-22H,7-12,16H2,1-2H3,(H,34,39). The molecule has 1 N–H and O–H groups in total. The first-order valence-corrected chi connectivity index (χ1v) is 14.4. The number of pyridine rings is 1. The number of likely N-dealkylation sites (tertiary alicyclic amines) is 1. The van der Waals surface area contributed by atoms with Gasteiger partial charge in [-0.15, -0.1) is 0 Å². The molecule has 3 aliphatic heterocycles. The Morgan fingerprint density at radius 1 is 1.10 bits per heavy atom. The molecule has 2 amide bonds. The van der Waals surface area contributed by atoms with Gasteiger partial charge in [-0.3, -0.25) is 14.4 Å². The highest BCUT2D eigenvalue weighted by Crippen LogP contribution is 2.48. The molecule has 4 heterocycles. The molecule has 0 saturated carbocycles. The van der Waals surface area contributed by atoms with E-state index in [1.165, 1.54) is 6.07 Å². The monoisotopic (exact) mass is 569 g/mol. The predicted molar refractivity (Wildman–Crippen MR) is 160 cm³/mol. The Kier molecular flexibility index (Phi) is 6.38. The van der Waals surface area contributed by atoms with Gasteiger partial charge in [0.2, 0.25) is 11.8 Å². The van der Waals surface area contributed by atoms with Crippen LogP contribution >= 0.6 is 0 Å². The first kappa shape index (κ1) is 26.5. The van der Waals surface area contributed by atoms with Gasteiger partial charge in [0.15, 0.2) is 17.3 Å². The fourth-order valence-electron chi connectivity index (χ4n) is 6.67. The minimum atomic E-state index is -0.606. The Morgan fingerprint density at radius 2 is 1.83 bits per heavy atom. The third-order valence-electron chi connectivity index (χ3n) is 9.06. The van der Waals surface area contributed by atoms with Crippen molar-refractivity contribution in [2.45, 2.75) is 31.3 Å². The summed E-state index contributed by atoms with van der Waals surface area (Å²) in [5.41, 5.74) is 0.810. The molecule has 10 heteroatoms. The number of nitrogens with zero attached hydrogens (tertiary/aromatic N) is 4. The van der Waals surface area contributed by atoms with Gasteiger partial charge in [0.05, 0.1) is 11.1 Å². The number of aromatic nitrogens is 1. The van der Waals surface area contributed by atoms with Gasteiger partial charge in [0.1, 0.15) is 16.8 Å². The summed E-state index contributed by atoms with van der Waals surface area (Å²) in [5, 5.41) is 4.79. The summed E-state index contributed by atoms with van der Waals surface area (Å²) < 4.78 is 24.3. The third kappa shape index (κ3) is 4.20. The Balaban J connectivity index is 1.43. The number of amides is 2. The van der Waals surface area contributed by atoms with E-state index < -0.39 is 11.2 Å². The van der Waals surface area contributed by atoms with Crippen LogP contribution in [0.3, 0.4) is 0 Å². The van der Waals surface area contributed by atoms with Crippen LogP contribution in [0, 0.1) is 5.82 Å². The molecule has 0 radical (unpaired) electrons. The quantitative estimate of drug-likeness (QED) is 0.324. The summed E-state index contributed by atoms with van der Waals surface area (Å²) in [4.78, 5) is 44.6. The van der Waals surface area contributed by atoms with Crippen LogP contribution in [0.25, 0.3) is 27.4 Å². The maximum absolute atomic E-state index is 16.1. The van der Waals surface area contributed by atoms with E-state index in [1.807, 2.05) is 45.9 Å². The molecule has 42 heavy (non-hydrogen) atoms. The average molecular weight is 570 g/mol. The molecule has 0 aliphatic carbocycles. The molecular weight excluding hydrogens is 537 g/mol. The van der Waals surface area contributed by atoms with Crippen LogP contribution in [-0.4, -0.2) is 79.0 Å². The number of hydrogen-bond acceptors (Lipinski definition) is 6. The van der Waals surface area contributed by atoms with Crippen molar-refractivity contribution in [3.63, 3.8) is 0 Å². The molecule has 1 aromatic heterocycles. The van der Waals surface area contributed by atoms with E-state index in [9.17, 15) is 14.4 Å². The van der Waals surface area contributed by atoms with Gasteiger partial charge in [0.25, 0.3) is 5.91 Å². The number of hydrogen-bond donors (Lipinski definition) is 1. The number of fused-ring (bicyclic) bond motifs is 3. The van der Waals surface area contributed by atoms with Crippen LogP contribution in [0.5, 0.6) is 11.5 Å². The van der Waals surface area contributed by atoms with Gasteiger partial charge >= 0.3 is 0 Å². The summed E-state index contributed by atoms with van der Waals surface area (Å²) in [6, 6.07) is 12.8. The van der Waals surface area contributed by atoms with Crippen LogP contribution in [0.15, 0.2) is 53.5 Å². The number of carbonyl (C=O) groups excluding carboxylic acids is 2. The normalized spacial score (nSPS) is 18.6. The summed E-state index contributed by atoms with van der Waals surface area (Å²) in [5.74, 6) is -0.242. The second-order valence-electron chi connectivity index (χ2n) is 11.6. The minimum Gasteiger partial charge on any atom is -0.451 e. The van der Waals surface area contributed by atoms with Crippen molar-refractivity contribution >= 4 is 39.7 Å². The number of ether oxygens (including phenoxy) is 1. The fourth-order valence-corrected chi connectivity index (χ4v) is 6.67. The molecule has 9 nitrogen and oxygen atoms in total. The van der Waals surface area contributed by atoms with E-state index in [0.29, 0.717) is 42.9 Å². The molecule has 3 aliphatic rings. The number of benzene rings is 3. The first-order chi connectivity index (χ1) is 20.3. The molecular formula is C32H32FN5O4. The van der Waals surface area contributed by atoms with Gasteiger partial charge in [-0.25, -0.2) is 4.39 Å². The second-order valence-corrected chi connectivity index (χ2v) is 11.6. The lowest BCUT2D eigenvalue weighted by Gasteiger charge is -2.35. The second kappa shape index (κ2) is 10.1. The summed E-state index contributed by atoms with van der Waals surface area (Å²) in [6.07, 6.45) is 4.55.